The van der Waals surface area contributed by atoms with Crippen molar-refractivity contribution in [3.63, 3.8) is 0 Å². The number of nitrogens with one attached hydrogen (secondary N) is 1. The highest BCUT2D eigenvalue weighted by molar-refractivity contribution is 5.99. The lowest BCUT2D eigenvalue weighted by molar-refractivity contribution is -0.128. The average molecular weight is 340 g/mol. The van der Waals surface area contributed by atoms with E-state index in [9.17, 15) is 14.0 Å². The lowest BCUT2D eigenvalue weighted by Gasteiger charge is -2.16. The van der Waals surface area contributed by atoms with Crippen LogP contribution in [0.2, 0.25) is 0 Å². The number of hydrogen-bond donors (Lipinski definition) is 1. The van der Waals surface area contributed by atoms with E-state index in [-0.39, 0.29) is 17.3 Å². The molecule has 2 aromatic carbocycles. The van der Waals surface area contributed by atoms with Crippen LogP contribution in [-0.2, 0) is 17.9 Å². The zero-order valence-corrected chi connectivity index (χ0v) is 14.2. The molecule has 1 aliphatic rings. The highest BCUT2D eigenvalue weighted by Gasteiger charge is 2.19. The van der Waals surface area contributed by atoms with Crippen molar-refractivity contribution in [3.05, 3.63) is 65.0 Å². The average Bonchev–Trinajstić information content (AvgIpc) is 2.99. The zero-order chi connectivity index (χ0) is 17.8. The molecule has 5 heteroatoms. The summed E-state index contributed by atoms with van der Waals surface area (Å²) in [5.74, 6) is -0.594. The molecule has 0 bridgehead atoms. The molecule has 0 radical (unpaired) electrons. The van der Waals surface area contributed by atoms with Crippen LogP contribution >= 0.6 is 0 Å². The fourth-order valence-electron chi connectivity index (χ4n) is 3.08. The largest absolute Gasteiger partial charge is 0.380 e. The van der Waals surface area contributed by atoms with E-state index in [1.54, 1.807) is 12.1 Å². The molecule has 1 fully saturated rings. The van der Waals surface area contributed by atoms with Crippen LogP contribution < -0.4 is 5.32 Å². The number of halogens is 1. The van der Waals surface area contributed by atoms with Crippen LogP contribution in [0, 0.1) is 5.82 Å². The van der Waals surface area contributed by atoms with Crippen molar-refractivity contribution < 1.29 is 14.0 Å². The predicted octanol–water partition coefficient (Wildman–Crippen LogP) is 3.76. The second kappa shape index (κ2) is 7.47. The lowest BCUT2D eigenvalue weighted by Crippen LogP contribution is -2.23. The third kappa shape index (κ3) is 4.05. The molecule has 25 heavy (non-hydrogen) atoms. The summed E-state index contributed by atoms with van der Waals surface area (Å²) < 4.78 is 13.8. The van der Waals surface area contributed by atoms with E-state index >= 15 is 0 Å². The van der Waals surface area contributed by atoms with Crippen LogP contribution in [0.5, 0.6) is 0 Å². The molecule has 1 N–H and O–H groups in total. The van der Waals surface area contributed by atoms with Crippen molar-refractivity contribution in [2.45, 2.75) is 32.9 Å². The van der Waals surface area contributed by atoms with Gasteiger partial charge in [-0.1, -0.05) is 30.3 Å². The zero-order valence-electron chi connectivity index (χ0n) is 14.2. The molecule has 130 valence electrons. The Morgan fingerprint density at radius 1 is 1.16 bits per heavy atom. The van der Waals surface area contributed by atoms with Crippen LogP contribution in [0.15, 0.2) is 42.5 Å². The Morgan fingerprint density at radius 3 is 2.52 bits per heavy atom. The topological polar surface area (TPSA) is 49.4 Å². The Labute approximate surface area is 146 Å². The number of nitrogens with zero attached hydrogens (tertiary/aromatic N) is 1. The molecule has 1 aliphatic heterocycles. The fraction of sp³-hybridized carbons (Fsp3) is 0.300. The number of carbonyl (C=O) groups excluding carboxylic acids is 2. The van der Waals surface area contributed by atoms with Gasteiger partial charge in [0.15, 0.2) is 5.78 Å². The van der Waals surface area contributed by atoms with Crippen molar-refractivity contribution >= 4 is 17.4 Å². The SMILES string of the molecule is CC(=O)c1c(F)cccc1NCc1ccc(CN2CCCC2=O)cc1. The van der Waals surface area contributed by atoms with E-state index < -0.39 is 5.82 Å². The van der Waals surface area contributed by atoms with Gasteiger partial charge in [-0.3, -0.25) is 9.59 Å². The normalized spacial score (nSPS) is 14.0. The first-order valence-electron chi connectivity index (χ1n) is 8.43. The van der Waals surface area contributed by atoms with Gasteiger partial charge in [0.2, 0.25) is 5.91 Å². The van der Waals surface area contributed by atoms with Crippen molar-refractivity contribution in [1.82, 2.24) is 4.90 Å². The van der Waals surface area contributed by atoms with Gasteiger partial charge in [-0.05, 0) is 36.6 Å². The van der Waals surface area contributed by atoms with Gasteiger partial charge in [0.25, 0.3) is 0 Å². The maximum absolute atomic E-state index is 13.8. The van der Waals surface area contributed by atoms with Gasteiger partial charge in [0, 0.05) is 31.7 Å². The first-order chi connectivity index (χ1) is 12.0. The van der Waals surface area contributed by atoms with Crippen LogP contribution in [0.25, 0.3) is 0 Å². The van der Waals surface area contributed by atoms with E-state index in [2.05, 4.69) is 5.32 Å². The van der Waals surface area contributed by atoms with Gasteiger partial charge in [-0.25, -0.2) is 4.39 Å². The van der Waals surface area contributed by atoms with E-state index in [1.807, 2.05) is 29.2 Å². The summed E-state index contributed by atoms with van der Waals surface area (Å²) in [4.78, 5) is 25.2. The third-order valence-electron chi connectivity index (χ3n) is 4.42. The van der Waals surface area contributed by atoms with Gasteiger partial charge >= 0.3 is 0 Å². The highest BCUT2D eigenvalue weighted by Crippen LogP contribution is 2.21. The quantitative estimate of drug-likeness (QED) is 0.815. The van der Waals surface area contributed by atoms with E-state index in [0.29, 0.717) is 25.2 Å². The molecule has 0 aliphatic carbocycles. The number of Topliss-reactive ketones (excluding diaryl/α,β-unsaturated/α-hetero) is 1. The summed E-state index contributed by atoms with van der Waals surface area (Å²) >= 11 is 0. The van der Waals surface area contributed by atoms with Crippen molar-refractivity contribution in [3.8, 4) is 0 Å². The van der Waals surface area contributed by atoms with Gasteiger partial charge in [-0.2, -0.15) is 0 Å². The number of benzene rings is 2. The monoisotopic (exact) mass is 340 g/mol. The number of ketones is 1. The van der Waals surface area contributed by atoms with Gasteiger partial charge in [-0.15, -0.1) is 0 Å². The minimum atomic E-state index is -0.511. The Morgan fingerprint density at radius 2 is 1.88 bits per heavy atom. The summed E-state index contributed by atoms with van der Waals surface area (Å²) in [6.07, 6.45) is 1.58. The Hall–Kier alpha value is -2.69. The number of hydrogen-bond acceptors (Lipinski definition) is 3. The van der Waals surface area contributed by atoms with Crippen LogP contribution in [-0.4, -0.2) is 23.1 Å². The molecular formula is C20H21FN2O2. The molecule has 0 unspecified atom stereocenters. The molecule has 0 spiro atoms. The molecule has 4 nitrogen and oxygen atoms in total. The number of carbonyl (C=O) groups is 2. The smallest absolute Gasteiger partial charge is 0.222 e. The van der Waals surface area contributed by atoms with Gasteiger partial charge in [0.1, 0.15) is 5.82 Å². The number of rotatable bonds is 6. The standard InChI is InChI=1S/C20H21FN2O2/c1-14(24)20-17(21)4-2-5-18(20)22-12-15-7-9-16(10-8-15)13-23-11-3-6-19(23)25/h2,4-5,7-10,22H,3,6,11-13H2,1H3. The summed E-state index contributed by atoms with van der Waals surface area (Å²) in [5, 5.41) is 3.13. The molecular weight excluding hydrogens is 319 g/mol. The molecule has 0 atom stereocenters. The first-order valence-corrected chi connectivity index (χ1v) is 8.43. The molecule has 1 saturated heterocycles. The second-order valence-electron chi connectivity index (χ2n) is 6.31. The predicted molar refractivity (Wildman–Crippen MR) is 94.8 cm³/mol. The highest BCUT2D eigenvalue weighted by atomic mass is 19.1. The Balaban J connectivity index is 1.64. The van der Waals surface area contributed by atoms with E-state index in [0.717, 1.165) is 24.1 Å². The van der Waals surface area contributed by atoms with E-state index in [1.165, 1.54) is 13.0 Å². The number of amides is 1. The molecule has 3 rings (SSSR count). The Bertz CT molecular complexity index is 787. The molecule has 1 amide bonds. The molecule has 1 heterocycles. The van der Waals surface area contributed by atoms with Gasteiger partial charge in [0.05, 0.1) is 5.56 Å². The fourth-order valence-corrected chi connectivity index (χ4v) is 3.08. The maximum atomic E-state index is 13.8. The summed E-state index contributed by atoms with van der Waals surface area (Å²) in [6.45, 7) is 3.32. The van der Waals surface area contributed by atoms with E-state index in [4.69, 9.17) is 0 Å². The molecule has 2 aromatic rings. The summed E-state index contributed by atoms with van der Waals surface area (Å²) in [5.41, 5.74) is 2.70. The van der Waals surface area contributed by atoms with Crippen molar-refractivity contribution in [1.29, 1.82) is 0 Å². The first kappa shape index (κ1) is 17.1. The third-order valence-corrected chi connectivity index (χ3v) is 4.42. The minimum Gasteiger partial charge on any atom is -0.380 e. The Kier molecular flexibility index (Phi) is 5.12. The maximum Gasteiger partial charge on any atom is 0.222 e. The van der Waals surface area contributed by atoms with Crippen molar-refractivity contribution in [2.75, 3.05) is 11.9 Å². The number of likely N-dealkylation sites (tertiary alicyclic amines) is 1. The molecule has 0 aromatic heterocycles. The lowest BCUT2D eigenvalue weighted by atomic mass is 10.1. The van der Waals surface area contributed by atoms with Crippen LogP contribution in [0.3, 0.4) is 0 Å². The van der Waals surface area contributed by atoms with Crippen molar-refractivity contribution in [2.24, 2.45) is 0 Å². The number of anilines is 1. The summed E-state index contributed by atoms with van der Waals surface area (Å²) in [6, 6.07) is 12.5. The minimum absolute atomic E-state index is 0.0895. The van der Waals surface area contributed by atoms with Crippen LogP contribution in [0.1, 0.15) is 41.3 Å². The molecule has 0 saturated carbocycles. The second-order valence-corrected chi connectivity index (χ2v) is 6.31. The van der Waals surface area contributed by atoms with Gasteiger partial charge < -0.3 is 10.2 Å². The van der Waals surface area contributed by atoms with Crippen LogP contribution in [0.4, 0.5) is 10.1 Å². The summed E-state index contributed by atoms with van der Waals surface area (Å²) in [7, 11) is 0.